The van der Waals surface area contributed by atoms with Crippen LogP contribution in [0.25, 0.3) is 0 Å². The molecule has 0 amide bonds. The van der Waals surface area contributed by atoms with Crippen molar-refractivity contribution in [2.75, 3.05) is 11.6 Å². The number of benzene rings is 1. The van der Waals surface area contributed by atoms with E-state index in [0.717, 1.165) is 18.5 Å². The molecule has 1 aromatic rings. The Morgan fingerprint density at radius 2 is 2.06 bits per heavy atom. The summed E-state index contributed by atoms with van der Waals surface area (Å²) in [5.41, 5.74) is 0.725. The lowest BCUT2D eigenvalue weighted by Gasteiger charge is -2.22. The number of rotatable bonds is 6. The molecular formula is C10H15NO3S2. The molecule has 0 fully saturated rings. The van der Waals surface area contributed by atoms with Gasteiger partial charge in [0, 0.05) is 17.7 Å². The SMILES string of the molecule is CCCCN(OS(=O)(O)=S)c1ccccc1. The van der Waals surface area contributed by atoms with Crippen LogP contribution in [-0.2, 0) is 24.5 Å². The van der Waals surface area contributed by atoms with Crippen LogP contribution in [0, 0.1) is 0 Å². The maximum absolute atomic E-state index is 11.0. The van der Waals surface area contributed by atoms with Crippen LogP contribution in [-0.4, -0.2) is 15.3 Å². The summed E-state index contributed by atoms with van der Waals surface area (Å²) in [7, 11) is -3.64. The monoisotopic (exact) mass is 261 g/mol. The Bertz CT molecular complexity index is 405. The Labute approximate surface area is 101 Å². The Morgan fingerprint density at radius 3 is 2.56 bits per heavy atom. The highest BCUT2D eigenvalue weighted by atomic mass is 32.9. The summed E-state index contributed by atoms with van der Waals surface area (Å²) in [6.07, 6.45) is 1.83. The van der Waals surface area contributed by atoms with Crippen molar-refractivity contribution < 1.29 is 13.0 Å². The summed E-state index contributed by atoms with van der Waals surface area (Å²) in [6, 6.07) is 9.14. The molecule has 0 saturated heterocycles. The van der Waals surface area contributed by atoms with Gasteiger partial charge in [-0.3, -0.25) is 4.55 Å². The van der Waals surface area contributed by atoms with Gasteiger partial charge in [0.2, 0.25) is 0 Å². The largest absolute Gasteiger partial charge is 0.287 e. The van der Waals surface area contributed by atoms with Crippen LogP contribution >= 0.6 is 0 Å². The van der Waals surface area contributed by atoms with Crippen LogP contribution < -0.4 is 5.06 Å². The quantitative estimate of drug-likeness (QED) is 0.797. The number of para-hydroxylation sites is 1. The number of anilines is 1. The third-order valence-corrected chi connectivity index (χ3v) is 2.49. The Morgan fingerprint density at radius 1 is 1.44 bits per heavy atom. The van der Waals surface area contributed by atoms with E-state index in [9.17, 15) is 4.21 Å². The van der Waals surface area contributed by atoms with Crippen molar-refractivity contribution in [2.45, 2.75) is 19.8 Å². The number of nitrogens with zero attached hydrogens (tertiary/aromatic N) is 1. The van der Waals surface area contributed by atoms with Crippen LogP contribution in [0.2, 0.25) is 0 Å². The van der Waals surface area contributed by atoms with Gasteiger partial charge in [0.1, 0.15) is 0 Å². The lowest BCUT2D eigenvalue weighted by molar-refractivity contribution is 0.270. The fourth-order valence-electron chi connectivity index (χ4n) is 1.22. The summed E-state index contributed by atoms with van der Waals surface area (Å²) in [6.45, 7) is 2.57. The molecule has 0 aromatic heterocycles. The predicted octanol–water partition coefficient (Wildman–Crippen LogP) is 2.36. The summed E-state index contributed by atoms with van der Waals surface area (Å²) in [4.78, 5) is 0. The van der Waals surface area contributed by atoms with E-state index < -0.39 is 9.05 Å². The zero-order chi connectivity index (χ0) is 12.0. The predicted molar refractivity (Wildman–Crippen MR) is 67.9 cm³/mol. The van der Waals surface area contributed by atoms with Crippen molar-refractivity contribution in [1.82, 2.24) is 0 Å². The van der Waals surface area contributed by atoms with Crippen LogP contribution in [0.15, 0.2) is 30.3 Å². The molecule has 0 heterocycles. The normalized spacial score (nSPS) is 14.4. The van der Waals surface area contributed by atoms with Gasteiger partial charge in [-0.1, -0.05) is 31.5 Å². The number of hydroxylamine groups is 1. The molecule has 1 N–H and O–H groups in total. The lowest BCUT2D eigenvalue weighted by atomic mass is 10.3. The molecule has 1 rings (SSSR count). The van der Waals surface area contributed by atoms with Crippen molar-refractivity contribution in [3.8, 4) is 0 Å². The van der Waals surface area contributed by atoms with E-state index in [1.165, 1.54) is 5.06 Å². The van der Waals surface area contributed by atoms with Crippen molar-refractivity contribution in [2.24, 2.45) is 0 Å². The van der Waals surface area contributed by atoms with Crippen LogP contribution in [0.4, 0.5) is 5.69 Å². The second kappa shape index (κ2) is 6.15. The molecule has 0 saturated carbocycles. The van der Waals surface area contributed by atoms with Gasteiger partial charge in [0.25, 0.3) is 9.05 Å². The fourth-order valence-corrected chi connectivity index (χ4v) is 1.83. The highest BCUT2D eigenvalue weighted by Crippen LogP contribution is 2.15. The Hall–Kier alpha value is -0.690. The first-order chi connectivity index (χ1) is 7.53. The van der Waals surface area contributed by atoms with Crippen molar-refractivity contribution in [1.29, 1.82) is 0 Å². The second-order valence-electron chi connectivity index (χ2n) is 3.29. The molecule has 0 aliphatic heterocycles. The van der Waals surface area contributed by atoms with Gasteiger partial charge in [-0.25, -0.2) is 5.06 Å². The highest BCUT2D eigenvalue weighted by molar-refractivity contribution is 8.27. The minimum absolute atomic E-state index is 0.536. The molecule has 0 aliphatic carbocycles. The molecule has 1 unspecified atom stereocenters. The first-order valence-corrected chi connectivity index (χ1v) is 7.39. The van der Waals surface area contributed by atoms with Gasteiger partial charge in [0.15, 0.2) is 0 Å². The maximum Gasteiger partial charge on any atom is 0.287 e. The van der Waals surface area contributed by atoms with Crippen molar-refractivity contribution in [3.05, 3.63) is 30.3 Å². The first kappa shape index (κ1) is 13.4. The molecule has 0 bridgehead atoms. The number of hydrogen-bond acceptors (Lipinski definition) is 4. The molecule has 6 heteroatoms. The van der Waals surface area contributed by atoms with E-state index in [2.05, 4.69) is 11.2 Å². The van der Waals surface area contributed by atoms with Gasteiger partial charge in [0.05, 0.1) is 5.69 Å². The zero-order valence-corrected chi connectivity index (χ0v) is 10.7. The third-order valence-electron chi connectivity index (χ3n) is 1.94. The molecule has 4 nitrogen and oxygen atoms in total. The van der Waals surface area contributed by atoms with Gasteiger partial charge in [-0.05, 0) is 18.6 Å². The standard InChI is InChI=1S/C10H15NO3S2/c1-2-3-9-11(14-16(12,13)15)10-7-5-4-6-8-10/h4-8H,2-3,9H2,1H3,(H,12,13,15). The Kier molecular flexibility index (Phi) is 5.14. The van der Waals surface area contributed by atoms with Gasteiger partial charge in [-0.2, -0.15) is 4.21 Å². The van der Waals surface area contributed by atoms with Crippen LogP contribution in [0.3, 0.4) is 0 Å². The molecule has 90 valence electrons. The molecule has 1 atom stereocenters. The van der Waals surface area contributed by atoms with Crippen molar-refractivity contribution in [3.63, 3.8) is 0 Å². The third kappa shape index (κ3) is 4.89. The van der Waals surface area contributed by atoms with Crippen molar-refractivity contribution >= 4 is 25.9 Å². The molecule has 1 aromatic carbocycles. The number of hydrogen-bond donors (Lipinski definition) is 1. The lowest BCUT2D eigenvalue weighted by Crippen LogP contribution is -2.27. The summed E-state index contributed by atoms with van der Waals surface area (Å²) >= 11 is 4.33. The van der Waals surface area contributed by atoms with Gasteiger partial charge in [-0.15, -0.1) is 4.28 Å². The Balaban J connectivity index is 2.79. The molecule has 0 radical (unpaired) electrons. The molecule has 16 heavy (non-hydrogen) atoms. The first-order valence-electron chi connectivity index (χ1n) is 5.02. The average Bonchev–Trinajstić information content (AvgIpc) is 2.24. The topological polar surface area (TPSA) is 49.8 Å². The average molecular weight is 261 g/mol. The van der Waals surface area contributed by atoms with Gasteiger partial charge < -0.3 is 0 Å². The molecule has 0 spiro atoms. The van der Waals surface area contributed by atoms with E-state index in [1.54, 1.807) is 12.1 Å². The van der Waals surface area contributed by atoms with E-state index in [1.807, 2.05) is 25.1 Å². The van der Waals surface area contributed by atoms with E-state index in [0.29, 0.717) is 6.54 Å². The summed E-state index contributed by atoms with van der Waals surface area (Å²) < 4.78 is 24.9. The van der Waals surface area contributed by atoms with E-state index >= 15 is 0 Å². The highest BCUT2D eigenvalue weighted by Gasteiger charge is 2.11. The van der Waals surface area contributed by atoms with Crippen LogP contribution in [0.1, 0.15) is 19.8 Å². The minimum Gasteiger partial charge on any atom is -0.284 e. The zero-order valence-electron chi connectivity index (χ0n) is 9.04. The maximum atomic E-state index is 11.0. The summed E-state index contributed by atoms with van der Waals surface area (Å²) in [5, 5.41) is 1.37. The minimum atomic E-state index is -3.64. The van der Waals surface area contributed by atoms with E-state index in [4.69, 9.17) is 8.84 Å². The second-order valence-corrected chi connectivity index (χ2v) is 5.56. The smallest absolute Gasteiger partial charge is 0.284 e. The summed E-state index contributed by atoms with van der Waals surface area (Å²) in [5.74, 6) is 0. The fraction of sp³-hybridized carbons (Fsp3) is 0.400. The molecule has 0 aliphatic rings. The molecular weight excluding hydrogens is 246 g/mol. The van der Waals surface area contributed by atoms with E-state index in [-0.39, 0.29) is 0 Å². The number of unbranched alkanes of at least 4 members (excludes halogenated alkanes) is 1. The van der Waals surface area contributed by atoms with Crippen LogP contribution in [0.5, 0.6) is 0 Å². The van der Waals surface area contributed by atoms with Gasteiger partial charge >= 0.3 is 0 Å².